The molecule has 308 valence electrons. The lowest BCUT2D eigenvalue weighted by atomic mass is 9.95. The molecule has 1 fully saturated rings. The molecular weight excluding hydrogens is 807 g/mol. The number of nitrogens with zero attached hydrogens (tertiary/aromatic N) is 2. The van der Waals surface area contributed by atoms with Crippen molar-refractivity contribution in [3.8, 4) is 0 Å². The quantitative estimate of drug-likeness (QED) is 0.0986. The number of carbonyl (C=O) groups is 3. The van der Waals surface area contributed by atoms with Crippen molar-refractivity contribution in [2.45, 2.75) is 64.5 Å². The summed E-state index contributed by atoms with van der Waals surface area (Å²) in [4.78, 5) is 43.9. The maximum atomic E-state index is 15.3. The Kier molecular flexibility index (Phi) is 13.3. The molecule has 1 aromatic heterocycles. The van der Waals surface area contributed by atoms with Gasteiger partial charge in [0.05, 0.1) is 11.1 Å². The lowest BCUT2D eigenvalue weighted by molar-refractivity contribution is 0.0425. The first-order valence-corrected chi connectivity index (χ1v) is 21.8. The second-order valence-electron chi connectivity index (χ2n) is 15.1. The summed E-state index contributed by atoms with van der Waals surface area (Å²) in [6.07, 6.45) is 3.48. The number of fused-ring (bicyclic) bond motifs is 1. The fourth-order valence-corrected chi connectivity index (χ4v) is 10.0. The average molecular weight is 853 g/mol. The molecule has 0 unspecified atom stereocenters. The van der Waals surface area contributed by atoms with Crippen molar-refractivity contribution in [2.75, 3.05) is 43.2 Å². The number of carbonyl (C=O) groups excluding carboxylic acids is 2. The summed E-state index contributed by atoms with van der Waals surface area (Å²) in [5, 5.41) is 17.9. The van der Waals surface area contributed by atoms with Crippen LogP contribution in [0, 0.1) is 11.6 Å². The Morgan fingerprint density at radius 3 is 2.28 bits per heavy atom. The highest BCUT2D eigenvalue weighted by Gasteiger charge is 2.35. The number of thiophene rings is 1. The number of aromatic carboxylic acids is 1. The van der Waals surface area contributed by atoms with Crippen molar-refractivity contribution in [3.05, 3.63) is 116 Å². The summed E-state index contributed by atoms with van der Waals surface area (Å²) >= 11 is 6.75. The predicted octanol–water partition coefficient (Wildman–Crippen LogP) is 6.17. The Balaban J connectivity index is 1.13. The fourth-order valence-electron chi connectivity index (χ4n) is 7.37. The molecule has 5 N–H and O–H groups in total. The number of carboxylic acids is 1. The number of nitrogens with one attached hydrogen (secondary N) is 4. The molecule has 2 aliphatic rings. The molecule has 0 atom stereocenters. The number of thiocarbonyl (C=S) groups is 1. The highest BCUT2D eigenvalue weighted by atomic mass is 32.2. The van der Waals surface area contributed by atoms with Gasteiger partial charge in [-0.25, -0.2) is 22.0 Å². The molecule has 12 nitrogen and oxygen atoms in total. The number of piperazine rings is 1. The minimum atomic E-state index is -3.61. The summed E-state index contributed by atoms with van der Waals surface area (Å²) in [5.41, 5.74) is 2.62. The van der Waals surface area contributed by atoms with Crippen LogP contribution in [0.25, 0.3) is 0 Å². The number of carboxylic acid groups (broad SMARTS) is 1. The lowest BCUT2D eigenvalue weighted by Gasteiger charge is -2.47. The monoisotopic (exact) mass is 852 g/mol. The van der Waals surface area contributed by atoms with Crippen LogP contribution in [-0.4, -0.2) is 84.3 Å². The Hall–Kier alpha value is -4.81. The molecular formula is C41H46F2N6O6S3. The summed E-state index contributed by atoms with van der Waals surface area (Å²) in [6, 6.07) is 15.5. The van der Waals surface area contributed by atoms with Crippen molar-refractivity contribution in [3.63, 3.8) is 0 Å². The molecule has 6 rings (SSSR count). The van der Waals surface area contributed by atoms with Gasteiger partial charge in [-0.15, -0.1) is 11.3 Å². The summed E-state index contributed by atoms with van der Waals surface area (Å²) in [7, 11) is -2.07. The molecule has 1 saturated heterocycles. The Bertz CT molecular complexity index is 2310. The van der Waals surface area contributed by atoms with Gasteiger partial charge in [0, 0.05) is 53.4 Å². The van der Waals surface area contributed by atoms with Crippen molar-refractivity contribution >= 4 is 67.2 Å². The Morgan fingerprint density at radius 1 is 0.897 bits per heavy atom. The summed E-state index contributed by atoms with van der Waals surface area (Å²) < 4.78 is 57.5. The van der Waals surface area contributed by atoms with E-state index in [0.29, 0.717) is 43.2 Å². The van der Waals surface area contributed by atoms with Gasteiger partial charge in [0.1, 0.15) is 22.5 Å². The largest absolute Gasteiger partial charge is 0.478 e. The molecule has 0 saturated carbocycles. The predicted molar refractivity (Wildman–Crippen MR) is 225 cm³/mol. The molecule has 0 bridgehead atoms. The second kappa shape index (κ2) is 18.0. The molecule has 17 heteroatoms. The smallest absolute Gasteiger partial charge is 0.335 e. The molecule has 0 spiro atoms. The van der Waals surface area contributed by atoms with E-state index in [0.717, 1.165) is 53.0 Å². The van der Waals surface area contributed by atoms with E-state index in [1.165, 1.54) is 23.5 Å². The fraction of sp³-hybridized carbons (Fsp3) is 0.366. The van der Waals surface area contributed by atoms with Crippen molar-refractivity contribution in [1.82, 2.24) is 19.8 Å². The van der Waals surface area contributed by atoms with Crippen molar-refractivity contribution < 1.29 is 36.7 Å². The van der Waals surface area contributed by atoms with E-state index < -0.39 is 45.0 Å². The second-order valence-corrected chi connectivity index (χ2v) is 18.3. The van der Waals surface area contributed by atoms with Crippen molar-refractivity contribution in [1.29, 1.82) is 0 Å². The summed E-state index contributed by atoms with van der Waals surface area (Å²) in [5.74, 6) is -3.94. The van der Waals surface area contributed by atoms with Crippen LogP contribution in [0.1, 0.15) is 84.9 Å². The van der Waals surface area contributed by atoms with Crippen LogP contribution in [0.4, 0.5) is 19.5 Å². The van der Waals surface area contributed by atoms with Crippen LogP contribution in [0.5, 0.6) is 0 Å². The molecule has 1 aliphatic heterocycles. The van der Waals surface area contributed by atoms with Crippen LogP contribution >= 0.6 is 23.6 Å². The third kappa shape index (κ3) is 10.2. The van der Waals surface area contributed by atoms with E-state index in [1.807, 2.05) is 11.0 Å². The topological polar surface area (TPSA) is 160 Å². The number of hydrogen-bond acceptors (Lipinski definition) is 9. The van der Waals surface area contributed by atoms with Crippen LogP contribution < -0.4 is 20.7 Å². The molecule has 4 aromatic rings. The van der Waals surface area contributed by atoms with E-state index in [1.54, 1.807) is 37.4 Å². The normalized spacial score (nSPS) is 15.4. The third-order valence-corrected chi connectivity index (χ3v) is 13.3. The first-order valence-electron chi connectivity index (χ1n) is 18.9. The van der Waals surface area contributed by atoms with E-state index in [4.69, 9.17) is 17.3 Å². The van der Waals surface area contributed by atoms with Crippen LogP contribution in [-0.2, 0) is 42.3 Å². The first-order chi connectivity index (χ1) is 27.5. The minimum Gasteiger partial charge on any atom is -0.478 e. The van der Waals surface area contributed by atoms with Gasteiger partial charge in [-0.05, 0) is 125 Å². The number of amides is 2. The number of rotatable bonds is 13. The molecule has 58 heavy (non-hydrogen) atoms. The van der Waals surface area contributed by atoms with E-state index in [-0.39, 0.29) is 46.2 Å². The van der Waals surface area contributed by atoms with Gasteiger partial charge in [-0.3, -0.25) is 19.2 Å². The van der Waals surface area contributed by atoms with Gasteiger partial charge >= 0.3 is 5.97 Å². The van der Waals surface area contributed by atoms with Gasteiger partial charge < -0.3 is 26.0 Å². The number of anilines is 2. The van der Waals surface area contributed by atoms with Gasteiger partial charge in [0.2, 0.25) is 10.0 Å². The maximum absolute atomic E-state index is 15.3. The number of sulfonamides is 1. The Labute approximate surface area is 346 Å². The number of benzene rings is 3. The van der Waals surface area contributed by atoms with Gasteiger partial charge in [0.25, 0.3) is 11.8 Å². The molecule has 3 aromatic carbocycles. The first kappa shape index (κ1) is 42.8. The van der Waals surface area contributed by atoms with Gasteiger partial charge in [-0.2, -0.15) is 0 Å². The standard InChI is InChI=1S/C41H46F2N6O6S3/c1-41(2)23-48(40(56)47-58(54,55)24-44-3)17-18-49(41)22-26-7-6-8-28(19-26)36(50)46-38-35(31-9-4-5-10-34(31)57-38)37(51)45-29-20-32(42)30(33(43)21-29)16-13-25-11-14-27(15-12-25)39(52)53/h6-8,11-12,14-15,19-21,44H,4-5,9-10,13,16-18,22-24H2,1-3H3,(H,45,51)(H,46,50)(H,47,56)(H,52,53). The van der Waals surface area contributed by atoms with Gasteiger partial charge in [0.15, 0.2) is 5.11 Å². The number of aryl methyl sites for hydroxylation is 2. The summed E-state index contributed by atoms with van der Waals surface area (Å²) in [6.45, 7) is 6.21. The zero-order valence-corrected chi connectivity index (χ0v) is 34.9. The SMILES string of the molecule is CNCS(=O)(=O)NC(=S)N1CCN(Cc2cccc(C(=O)Nc3sc4c(c3C(=O)Nc3cc(F)c(CCc5ccc(C(=O)O)cc5)c(F)c3)CCCC4)c2)C(C)(C)C1. The van der Waals surface area contributed by atoms with Crippen LogP contribution in [0.3, 0.4) is 0 Å². The zero-order chi connectivity index (χ0) is 41.8. The van der Waals surface area contributed by atoms with Crippen molar-refractivity contribution in [2.24, 2.45) is 0 Å². The molecule has 2 heterocycles. The minimum absolute atomic E-state index is 0.0279. The maximum Gasteiger partial charge on any atom is 0.335 e. The van der Waals surface area contributed by atoms with Gasteiger partial charge in [-0.1, -0.05) is 24.3 Å². The average Bonchev–Trinajstić information content (AvgIpc) is 3.53. The van der Waals surface area contributed by atoms with E-state index in [9.17, 15) is 22.8 Å². The number of hydrogen-bond donors (Lipinski definition) is 5. The van der Waals surface area contributed by atoms with E-state index >= 15 is 8.78 Å². The molecule has 2 amide bonds. The molecule has 0 radical (unpaired) electrons. The highest BCUT2D eigenvalue weighted by molar-refractivity contribution is 7.91. The van der Waals surface area contributed by atoms with Crippen LogP contribution in [0.2, 0.25) is 0 Å². The highest BCUT2D eigenvalue weighted by Crippen LogP contribution is 2.39. The third-order valence-electron chi connectivity index (χ3n) is 10.4. The zero-order valence-electron chi connectivity index (χ0n) is 32.4. The molecule has 1 aliphatic carbocycles. The Morgan fingerprint density at radius 2 is 1.60 bits per heavy atom. The lowest BCUT2D eigenvalue weighted by Crippen LogP contribution is -2.61. The van der Waals surface area contributed by atoms with Crippen LogP contribution in [0.15, 0.2) is 60.7 Å². The van der Waals surface area contributed by atoms with E-state index in [2.05, 4.69) is 39.4 Å². The number of halogens is 2.